The van der Waals surface area contributed by atoms with E-state index in [9.17, 15) is 30.0 Å². The molecule has 0 spiro atoms. The molecule has 30 heavy (non-hydrogen) atoms. The summed E-state index contributed by atoms with van der Waals surface area (Å²) in [5, 5.41) is 42.7. The Morgan fingerprint density at radius 3 is 1.30 bits per heavy atom. The molecule has 10 N–H and O–H groups in total. The summed E-state index contributed by atoms with van der Waals surface area (Å²) in [6.45, 7) is 0. The van der Waals surface area contributed by atoms with E-state index in [4.69, 9.17) is 11.5 Å². The summed E-state index contributed by atoms with van der Waals surface area (Å²) in [4.78, 5) is 25.0. The Bertz CT molecular complexity index is 1070. The highest BCUT2D eigenvalue weighted by Gasteiger charge is 2.18. The first-order valence-electron chi connectivity index (χ1n) is 8.51. The molecule has 3 aromatic rings. The fourth-order valence-corrected chi connectivity index (χ4v) is 2.63. The predicted molar refractivity (Wildman–Crippen MR) is 111 cm³/mol. The third kappa shape index (κ3) is 4.12. The summed E-state index contributed by atoms with van der Waals surface area (Å²) in [5.74, 6) is -2.78. The van der Waals surface area contributed by atoms with Crippen LogP contribution in [0.2, 0.25) is 0 Å². The molecule has 0 aromatic heterocycles. The summed E-state index contributed by atoms with van der Waals surface area (Å²) in [5.41, 5.74) is 12.2. The second-order valence-electron chi connectivity index (χ2n) is 6.34. The second-order valence-corrected chi connectivity index (χ2v) is 6.34. The summed E-state index contributed by atoms with van der Waals surface area (Å²) < 4.78 is 0. The molecule has 0 aliphatic carbocycles. The zero-order valence-corrected chi connectivity index (χ0v) is 15.4. The van der Waals surface area contributed by atoms with E-state index >= 15 is 0 Å². The largest absolute Gasteiger partial charge is 0.504 e. The molecule has 0 aliphatic rings. The van der Waals surface area contributed by atoms with Crippen molar-refractivity contribution in [1.82, 2.24) is 0 Å². The standard InChI is InChI=1S/C20H18N4O6/c21-13-8-12(20(30)24-10-2-4-16(26)18(28)6-10)14(22)7-11(13)19(29)23-9-1-3-15(25)17(27)5-9/h1-8,25-28H,21-22H2,(H,23,29)(H,24,30). The number of carbonyl (C=O) groups excluding carboxylic acids is 2. The molecule has 0 aliphatic heterocycles. The van der Waals surface area contributed by atoms with Crippen molar-refractivity contribution in [1.29, 1.82) is 0 Å². The van der Waals surface area contributed by atoms with Gasteiger partial charge in [-0.1, -0.05) is 0 Å². The molecule has 0 bridgehead atoms. The third-order valence-electron chi connectivity index (χ3n) is 4.18. The molecule has 3 aromatic carbocycles. The van der Waals surface area contributed by atoms with Crippen molar-refractivity contribution >= 4 is 34.6 Å². The summed E-state index contributed by atoms with van der Waals surface area (Å²) in [6, 6.07) is 9.93. The maximum absolute atomic E-state index is 12.5. The molecule has 0 saturated carbocycles. The predicted octanol–water partition coefficient (Wildman–Crippen LogP) is 2.18. The van der Waals surface area contributed by atoms with Crippen LogP contribution in [-0.4, -0.2) is 32.2 Å². The lowest BCUT2D eigenvalue weighted by Gasteiger charge is -2.13. The molecule has 0 heterocycles. The Morgan fingerprint density at radius 1 is 0.600 bits per heavy atom. The van der Waals surface area contributed by atoms with Crippen LogP contribution < -0.4 is 22.1 Å². The molecule has 0 unspecified atom stereocenters. The van der Waals surface area contributed by atoms with Crippen molar-refractivity contribution in [2.24, 2.45) is 0 Å². The maximum Gasteiger partial charge on any atom is 0.257 e. The van der Waals surface area contributed by atoms with Gasteiger partial charge in [-0.3, -0.25) is 9.59 Å². The number of hydrogen-bond donors (Lipinski definition) is 8. The number of nitrogen functional groups attached to an aromatic ring is 2. The monoisotopic (exact) mass is 410 g/mol. The minimum absolute atomic E-state index is 0.00103. The van der Waals surface area contributed by atoms with E-state index in [2.05, 4.69) is 10.6 Å². The maximum atomic E-state index is 12.5. The van der Waals surface area contributed by atoms with Crippen molar-refractivity contribution in [3.05, 3.63) is 59.7 Å². The number of benzene rings is 3. The van der Waals surface area contributed by atoms with Crippen LogP contribution in [0.5, 0.6) is 23.0 Å². The number of phenolic OH excluding ortho intramolecular Hbond substituents is 4. The van der Waals surface area contributed by atoms with E-state index in [0.717, 1.165) is 12.1 Å². The molecule has 0 saturated heterocycles. The minimum atomic E-state index is -0.639. The summed E-state index contributed by atoms with van der Waals surface area (Å²) >= 11 is 0. The summed E-state index contributed by atoms with van der Waals surface area (Å²) in [6.07, 6.45) is 0. The van der Waals surface area contributed by atoms with Gasteiger partial charge in [-0.25, -0.2) is 0 Å². The quantitative estimate of drug-likeness (QED) is 0.182. The zero-order chi connectivity index (χ0) is 22.0. The number of nitrogens with two attached hydrogens (primary N) is 2. The van der Waals surface area contributed by atoms with Gasteiger partial charge in [-0.15, -0.1) is 0 Å². The topological polar surface area (TPSA) is 191 Å². The highest BCUT2D eigenvalue weighted by Crippen LogP contribution is 2.30. The van der Waals surface area contributed by atoms with Gasteiger partial charge in [-0.05, 0) is 36.4 Å². The lowest BCUT2D eigenvalue weighted by Crippen LogP contribution is -2.18. The Balaban J connectivity index is 1.81. The molecule has 10 heteroatoms. The van der Waals surface area contributed by atoms with Crippen LogP contribution >= 0.6 is 0 Å². The van der Waals surface area contributed by atoms with E-state index < -0.39 is 23.3 Å². The number of phenols is 4. The average molecular weight is 410 g/mol. The molecule has 0 atom stereocenters. The first-order chi connectivity index (χ1) is 14.2. The molecule has 0 radical (unpaired) electrons. The van der Waals surface area contributed by atoms with E-state index in [0.29, 0.717) is 0 Å². The molecule has 154 valence electrons. The van der Waals surface area contributed by atoms with Crippen LogP contribution in [0, 0.1) is 0 Å². The van der Waals surface area contributed by atoms with E-state index in [1.807, 2.05) is 0 Å². The highest BCUT2D eigenvalue weighted by molar-refractivity contribution is 6.13. The fourth-order valence-electron chi connectivity index (χ4n) is 2.63. The van der Waals surface area contributed by atoms with E-state index in [1.165, 1.54) is 36.4 Å². The lowest BCUT2D eigenvalue weighted by atomic mass is 10.0. The van der Waals surface area contributed by atoms with Gasteiger partial charge in [0, 0.05) is 34.9 Å². The van der Waals surface area contributed by atoms with Crippen molar-refractivity contribution in [3.8, 4) is 23.0 Å². The molecule has 2 amide bonds. The van der Waals surface area contributed by atoms with Gasteiger partial charge in [0.25, 0.3) is 11.8 Å². The van der Waals surface area contributed by atoms with Gasteiger partial charge in [0.15, 0.2) is 23.0 Å². The fraction of sp³-hybridized carbons (Fsp3) is 0. The average Bonchev–Trinajstić information content (AvgIpc) is 2.69. The second kappa shape index (κ2) is 7.80. The first kappa shape index (κ1) is 20.1. The van der Waals surface area contributed by atoms with Crippen molar-refractivity contribution in [2.45, 2.75) is 0 Å². The summed E-state index contributed by atoms with van der Waals surface area (Å²) in [7, 11) is 0. The Hall–Kier alpha value is -4.60. The molecule has 10 nitrogen and oxygen atoms in total. The smallest absolute Gasteiger partial charge is 0.257 e. The number of rotatable bonds is 4. The number of nitrogens with one attached hydrogen (secondary N) is 2. The van der Waals surface area contributed by atoms with Gasteiger partial charge in [0.2, 0.25) is 0 Å². The normalized spacial score (nSPS) is 10.4. The number of carbonyl (C=O) groups is 2. The van der Waals surface area contributed by atoms with Gasteiger partial charge < -0.3 is 42.5 Å². The molecule has 0 fully saturated rings. The van der Waals surface area contributed by atoms with Gasteiger partial charge >= 0.3 is 0 Å². The molecule has 3 rings (SSSR count). The van der Waals surface area contributed by atoms with Crippen molar-refractivity contribution < 1.29 is 30.0 Å². The van der Waals surface area contributed by atoms with E-state index in [1.54, 1.807) is 0 Å². The molecular formula is C20H18N4O6. The number of aromatic hydroxyl groups is 4. The van der Waals surface area contributed by atoms with Crippen LogP contribution in [-0.2, 0) is 0 Å². The van der Waals surface area contributed by atoms with Crippen LogP contribution in [0.25, 0.3) is 0 Å². The first-order valence-corrected chi connectivity index (χ1v) is 8.51. The van der Waals surface area contributed by atoms with Crippen molar-refractivity contribution in [3.63, 3.8) is 0 Å². The Morgan fingerprint density at radius 2 is 0.967 bits per heavy atom. The molecular weight excluding hydrogens is 392 g/mol. The van der Waals surface area contributed by atoms with Crippen LogP contribution in [0.3, 0.4) is 0 Å². The highest BCUT2D eigenvalue weighted by atomic mass is 16.3. The minimum Gasteiger partial charge on any atom is -0.504 e. The van der Waals surface area contributed by atoms with Gasteiger partial charge in [0.05, 0.1) is 11.1 Å². The zero-order valence-electron chi connectivity index (χ0n) is 15.4. The number of amides is 2. The van der Waals surface area contributed by atoms with Gasteiger partial charge in [-0.2, -0.15) is 0 Å². The Kier molecular flexibility index (Phi) is 5.23. The SMILES string of the molecule is Nc1cc(C(=O)Nc2ccc(O)c(O)c2)c(N)cc1C(=O)Nc1ccc(O)c(O)c1. The van der Waals surface area contributed by atoms with Crippen LogP contribution in [0.1, 0.15) is 20.7 Å². The number of hydrogen-bond acceptors (Lipinski definition) is 8. The van der Waals surface area contributed by atoms with Gasteiger partial charge in [0.1, 0.15) is 0 Å². The van der Waals surface area contributed by atoms with Crippen molar-refractivity contribution in [2.75, 3.05) is 22.1 Å². The Labute approximate surface area is 170 Å². The van der Waals surface area contributed by atoms with E-state index in [-0.39, 0.29) is 45.4 Å². The third-order valence-corrected chi connectivity index (χ3v) is 4.18. The van der Waals surface area contributed by atoms with Crippen LogP contribution in [0.15, 0.2) is 48.5 Å². The lowest BCUT2D eigenvalue weighted by molar-refractivity contribution is 0.101. The number of anilines is 4. The van der Waals surface area contributed by atoms with Crippen LogP contribution in [0.4, 0.5) is 22.7 Å².